The van der Waals surface area contributed by atoms with Gasteiger partial charge in [0.1, 0.15) is 17.3 Å². The number of aromatic nitrogens is 3. The molecule has 1 aliphatic rings. The van der Waals surface area contributed by atoms with Gasteiger partial charge in [-0.25, -0.2) is 14.4 Å². The highest BCUT2D eigenvalue weighted by Gasteiger charge is 2.46. The topological polar surface area (TPSA) is 42.7 Å². The number of hydrogen-bond donors (Lipinski definition) is 1. The van der Waals surface area contributed by atoms with Crippen molar-refractivity contribution in [2.75, 3.05) is 5.32 Å². The number of hydrogen-bond acceptors (Lipinski definition) is 3. The van der Waals surface area contributed by atoms with Crippen molar-refractivity contribution in [2.45, 2.75) is 25.4 Å². The molecule has 0 spiro atoms. The molecule has 3 aromatic rings. The Kier molecular flexibility index (Phi) is 3.20. The molecule has 4 nitrogen and oxygen atoms in total. The Hall–Kier alpha value is -2.69. The van der Waals surface area contributed by atoms with Gasteiger partial charge in [0.25, 0.3) is 0 Å². The van der Waals surface area contributed by atoms with Crippen LogP contribution in [0.3, 0.4) is 0 Å². The minimum atomic E-state index is -1.26. The number of nitrogens with one attached hydrogen (secondary N) is 1. The van der Waals surface area contributed by atoms with Crippen LogP contribution in [0.2, 0.25) is 0 Å². The van der Waals surface area contributed by atoms with E-state index in [0.29, 0.717) is 24.4 Å². The zero-order valence-corrected chi connectivity index (χ0v) is 13.8. The van der Waals surface area contributed by atoms with Crippen LogP contribution < -0.4 is 5.32 Å². The van der Waals surface area contributed by atoms with Crippen LogP contribution in [0, 0.1) is 6.92 Å². The third kappa shape index (κ3) is 2.46. The molecule has 5 heteroatoms. The molecular weight excluding hydrogens is 303 g/mol. The average molecular weight is 322 g/mol. The van der Waals surface area contributed by atoms with E-state index < -0.39 is 5.67 Å². The number of allylic oxidation sites excluding steroid dienone is 1. The van der Waals surface area contributed by atoms with Crippen molar-refractivity contribution < 1.29 is 4.39 Å². The predicted octanol–water partition coefficient (Wildman–Crippen LogP) is 4.37. The van der Waals surface area contributed by atoms with E-state index in [1.807, 2.05) is 32.3 Å². The summed E-state index contributed by atoms with van der Waals surface area (Å²) in [6.07, 6.45) is 4.74. The Labute approximate surface area is 140 Å². The molecule has 0 amide bonds. The van der Waals surface area contributed by atoms with Crippen LogP contribution in [-0.2, 0) is 7.05 Å². The van der Waals surface area contributed by atoms with Gasteiger partial charge in [-0.05, 0) is 37.3 Å². The fourth-order valence-electron chi connectivity index (χ4n) is 2.82. The van der Waals surface area contributed by atoms with E-state index in [9.17, 15) is 4.39 Å². The summed E-state index contributed by atoms with van der Waals surface area (Å²) in [7, 11) is 2.00. The summed E-state index contributed by atoms with van der Waals surface area (Å²) in [5.41, 5.74) is 1.29. The van der Waals surface area contributed by atoms with Crippen molar-refractivity contribution >= 4 is 16.6 Å². The summed E-state index contributed by atoms with van der Waals surface area (Å²) < 4.78 is 16.1. The van der Waals surface area contributed by atoms with E-state index in [4.69, 9.17) is 0 Å². The third-order valence-corrected chi connectivity index (χ3v) is 4.75. The summed E-state index contributed by atoms with van der Waals surface area (Å²) in [5.74, 6) is 1.59. The molecule has 0 radical (unpaired) electrons. The Morgan fingerprint density at radius 1 is 1.21 bits per heavy atom. The first kappa shape index (κ1) is 14.9. The van der Waals surface area contributed by atoms with Gasteiger partial charge in [-0.2, -0.15) is 0 Å². The molecular formula is C19H19FN4. The molecule has 4 rings (SSSR count). The Morgan fingerprint density at radius 2 is 2.00 bits per heavy atom. The zero-order chi connectivity index (χ0) is 16.9. The molecule has 0 atom stereocenters. The predicted molar refractivity (Wildman–Crippen MR) is 94.5 cm³/mol. The minimum absolute atomic E-state index is 0.396. The summed E-state index contributed by atoms with van der Waals surface area (Å²) in [4.78, 5) is 8.70. The Balaban J connectivity index is 1.70. The van der Waals surface area contributed by atoms with Gasteiger partial charge in [-0.1, -0.05) is 18.7 Å². The van der Waals surface area contributed by atoms with E-state index in [2.05, 4.69) is 38.6 Å². The molecule has 1 aromatic carbocycles. The van der Waals surface area contributed by atoms with Crippen LogP contribution in [0.15, 0.2) is 48.9 Å². The molecule has 0 saturated heterocycles. The number of halogens is 1. The lowest BCUT2D eigenvalue weighted by Crippen LogP contribution is -2.12. The standard InChI is InChI=1S/C19H19FN4/c1-12(19(20)6-7-19)23-18-9-16-8-14(4-5-15(16)10-22-18)17-11-21-13(2)24(17)3/h4-5,8-11H,1,6-7H2,2-3H3,(H,22,23). The highest BCUT2D eigenvalue weighted by atomic mass is 19.1. The smallest absolute Gasteiger partial charge is 0.150 e. The van der Waals surface area contributed by atoms with E-state index in [1.165, 1.54) is 0 Å². The number of alkyl halides is 1. The summed E-state index contributed by atoms with van der Waals surface area (Å²) in [5, 5.41) is 5.09. The SMILES string of the molecule is C=C(Nc1cc2cc(-c3cnc(C)n3C)ccc2cn1)C1(F)CC1. The fourth-order valence-corrected chi connectivity index (χ4v) is 2.82. The van der Waals surface area contributed by atoms with E-state index in [-0.39, 0.29) is 0 Å². The maximum absolute atomic E-state index is 14.0. The van der Waals surface area contributed by atoms with Crippen LogP contribution in [0.4, 0.5) is 10.2 Å². The third-order valence-electron chi connectivity index (χ3n) is 4.75. The number of fused-ring (bicyclic) bond motifs is 1. The molecule has 1 N–H and O–H groups in total. The maximum Gasteiger partial charge on any atom is 0.150 e. The van der Waals surface area contributed by atoms with Crippen molar-refractivity contribution in [3.8, 4) is 11.3 Å². The number of imidazole rings is 1. The van der Waals surface area contributed by atoms with E-state index in [1.54, 1.807) is 6.20 Å². The molecule has 1 fully saturated rings. The summed E-state index contributed by atoms with van der Waals surface area (Å²) in [6, 6.07) is 8.13. The van der Waals surface area contributed by atoms with E-state index >= 15 is 0 Å². The molecule has 0 bridgehead atoms. The van der Waals surface area contributed by atoms with Gasteiger partial charge in [0.05, 0.1) is 11.9 Å². The summed E-state index contributed by atoms with van der Waals surface area (Å²) >= 11 is 0. The lowest BCUT2D eigenvalue weighted by molar-refractivity contribution is 0.363. The lowest BCUT2D eigenvalue weighted by Gasteiger charge is -2.12. The second-order valence-corrected chi connectivity index (χ2v) is 6.45. The van der Waals surface area contributed by atoms with Gasteiger partial charge in [0, 0.05) is 29.9 Å². The second kappa shape index (κ2) is 5.16. The van der Waals surface area contributed by atoms with Crippen molar-refractivity contribution in [3.63, 3.8) is 0 Å². The van der Waals surface area contributed by atoms with Crippen LogP contribution in [0.1, 0.15) is 18.7 Å². The number of anilines is 1. The van der Waals surface area contributed by atoms with Crippen molar-refractivity contribution in [3.05, 3.63) is 54.8 Å². The number of aryl methyl sites for hydroxylation is 1. The van der Waals surface area contributed by atoms with Crippen molar-refractivity contribution in [2.24, 2.45) is 7.05 Å². The molecule has 2 heterocycles. The zero-order valence-electron chi connectivity index (χ0n) is 13.8. The van der Waals surface area contributed by atoms with Gasteiger partial charge >= 0.3 is 0 Å². The van der Waals surface area contributed by atoms with Gasteiger partial charge in [-0.15, -0.1) is 0 Å². The van der Waals surface area contributed by atoms with Gasteiger partial charge in [0.15, 0.2) is 0 Å². The van der Waals surface area contributed by atoms with Crippen molar-refractivity contribution in [1.82, 2.24) is 14.5 Å². The highest BCUT2D eigenvalue weighted by molar-refractivity contribution is 5.88. The lowest BCUT2D eigenvalue weighted by atomic mass is 10.1. The first-order valence-electron chi connectivity index (χ1n) is 8.00. The van der Waals surface area contributed by atoms with Crippen LogP contribution in [-0.4, -0.2) is 20.2 Å². The van der Waals surface area contributed by atoms with Gasteiger partial charge < -0.3 is 9.88 Å². The van der Waals surface area contributed by atoms with Crippen molar-refractivity contribution in [1.29, 1.82) is 0 Å². The number of pyridine rings is 1. The molecule has 0 aliphatic heterocycles. The quantitative estimate of drug-likeness (QED) is 0.775. The Morgan fingerprint density at radius 3 is 2.67 bits per heavy atom. The molecule has 2 aromatic heterocycles. The normalized spacial score (nSPS) is 15.5. The van der Waals surface area contributed by atoms with E-state index in [0.717, 1.165) is 27.9 Å². The fraction of sp³-hybridized carbons (Fsp3) is 0.263. The van der Waals surface area contributed by atoms with Crippen LogP contribution in [0.25, 0.3) is 22.0 Å². The highest BCUT2D eigenvalue weighted by Crippen LogP contribution is 2.45. The molecule has 122 valence electrons. The number of nitrogens with zero attached hydrogens (tertiary/aromatic N) is 3. The van der Waals surface area contributed by atoms with Gasteiger partial charge in [-0.3, -0.25) is 0 Å². The average Bonchev–Trinajstić information content (AvgIpc) is 3.24. The Bertz CT molecular complexity index is 953. The van der Waals surface area contributed by atoms with Gasteiger partial charge in [0.2, 0.25) is 0 Å². The molecule has 1 aliphatic carbocycles. The second-order valence-electron chi connectivity index (χ2n) is 6.45. The monoisotopic (exact) mass is 322 g/mol. The molecule has 0 unspecified atom stereocenters. The van der Waals surface area contributed by atoms with Crippen LogP contribution >= 0.6 is 0 Å². The molecule has 1 saturated carbocycles. The minimum Gasteiger partial charge on any atom is -0.341 e. The number of rotatable bonds is 4. The summed E-state index contributed by atoms with van der Waals surface area (Å²) in [6.45, 7) is 5.78. The largest absolute Gasteiger partial charge is 0.341 e. The first-order valence-corrected chi connectivity index (χ1v) is 8.00. The number of benzene rings is 1. The van der Waals surface area contributed by atoms with Crippen LogP contribution in [0.5, 0.6) is 0 Å². The maximum atomic E-state index is 14.0. The molecule has 24 heavy (non-hydrogen) atoms. The first-order chi connectivity index (χ1) is 11.5.